The summed E-state index contributed by atoms with van der Waals surface area (Å²) in [4.78, 5) is 19.8. The number of carbonyl (C=O) groups is 1. The number of nitrogens with zero attached hydrogens (tertiary/aromatic N) is 4. The van der Waals surface area contributed by atoms with Gasteiger partial charge in [0.25, 0.3) is 6.43 Å². The lowest BCUT2D eigenvalue weighted by Crippen LogP contribution is -2.25. The molecular formula is C15H13F2N5O2. The van der Waals surface area contributed by atoms with Gasteiger partial charge in [0, 0.05) is 6.04 Å². The first kappa shape index (κ1) is 14.7. The van der Waals surface area contributed by atoms with E-state index in [2.05, 4.69) is 20.4 Å². The van der Waals surface area contributed by atoms with E-state index in [0.29, 0.717) is 11.0 Å². The molecule has 2 aromatic heterocycles. The normalized spacial score (nSPS) is 14.5. The van der Waals surface area contributed by atoms with Gasteiger partial charge in [0.1, 0.15) is 0 Å². The van der Waals surface area contributed by atoms with Crippen LogP contribution in [0.1, 0.15) is 41.6 Å². The van der Waals surface area contributed by atoms with Crippen LogP contribution in [0.25, 0.3) is 11.0 Å². The van der Waals surface area contributed by atoms with E-state index in [-0.39, 0.29) is 30.1 Å². The van der Waals surface area contributed by atoms with Gasteiger partial charge >= 0.3 is 11.8 Å². The number of benzene rings is 1. The van der Waals surface area contributed by atoms with Crippen LogP contribution in [0, 0.1) is 0 Å². The molecule has 2 heterocycles. The van der Waals surface area contributed by atoms with Crippen molar-refractivity contribution in [1.29, 1.82) is 0 Å². The second-order valence-electron chi connectivity index (χ2n) is 5.61. The van der Waals surface area contributed by atoms with Crippen LogP contribution >= 0.6 is 0 Å². The van der Waals surface area contributed by atoms with Gasteiger partial charge in [-0.15, -0.1) is 0 Å². The number of hydrogen-bond donors (Lipinski definition) is 1. The summed E-state index contributed by atoms with van der Waals surface area (Å²) in [6.45, 7) is -0.0552. The molecule has 0 bridgehead atoms. The lowest BCUT2D eigenvalue weighted by molar-refractivity contribution is 0.0907. The van der Waals surface area contributed by atoms with Crippen molar-refractivity contribution in [1.82, 2.24) is 25.0 Å². The Morgan fingerprint density at radius 3 is 2.88 bits per heavy atom. The predicted octanol–water partition coefficient (Wildman–Crippen LogP) is 2.30. The summed E-state index contributed by atoms with van der Waals surface area (Å²) in [6.07, 6.45) is -0.862. The molecule has 1 amide bonds. The molecule has 24 heavy (non-hydrogen) atoms. The fraction of sp³-hybridized carbons (Fsp3) is 0.333. The van der Waals surface area contributed by atoms with E-state index >= 15 is 0 Å². The van der Waals surface area contributed by atoms with E-state index in [9.17, 15) is 13.6 Å². The average molecular weight is 333 g/mol. The molecule has 1 N–H and O–H groups in total. The van der Waals surface area contributed by atoms with Gasteiger partial charge in [-0.2, -0.15) is 4.98 Å². The van der Waals surface area contributed by atoms with Crippen molar-refractivity contribution in [2.75, 3.05) is 0 Å². The summed E-state index contributed by atoms with van der Waals surface area (Å²) in [5, 5.41) is 6.43. The zero-order valence-corrected chi connectivity index (χ0v) is 12.4. The second kappa shape index (κ2) is 5.66. The number of carbonyl (C=O) groups excluding carboxylic acids is 1. The van der Waals surface area contributed by atoms with Crippen molar-refractivity contribution < 1.29 is 18.1 Å². The molecule has 0 spiro atoms. The Kier molecular flexibility index (Phi) is 3.47. The Hall–Kier alpha value is -2.84. The number of fused-ring (bicyclic) bond motifs is 1. The molecule has 4 rings (SSSR count). The standard InChI is InChI=1S/C15H13F2N5O2/c16-12(17)13-19-9-3-1-2-4-10(9)22(13)7-11-20-15(24-21-11)14(23)18-8-5-6-8/h1-4,8,12H,5-7H2,(H,18,23). The zero-order valence-electron chi connectivity index (χ0n) is 12.4. The smallest absolute Gasteiger partial charge is 0.316 e. The van der Waals surface area contributed by atoms with E-state index in [0.717, 1.165) is 12.8 Å². The highest BCUT2D eigenvalue weighted by molar-refractivity contribution is 5.89. The number of nitrogens with one attached hydrogen (secondary N) is 1. The summed E-state index contributed by atoms with van der Waals surface area (Å²) in [7, 11) is 0. The summed E-state index contributed by atoms with van der Waals surface area (Å²) in [5.74, 6) is -0.841. The molecule has 124 valence electrons. The highest BCUT2D eigenvalue weighted by Gasteiger charge is 2.27. The van der Waals surface area contributed by atoms with Crippen molar-refractivity contribution in [2.45, 2.75) is 31.9 Å². The molecule has 1 fully saturated rings. The molecule has 1 aliphatic rings. The Bertz CT molecular complexity index is 900. The van der Waals surface area contributed by atoms with E-state index in [4.69, 9.17) is 4.52 Å². The van der Waals surface area contributed by atoms with E-state index < -0.39 is 12.3 Å². The lowest BCUT2D eigenvalue weighted by atomic mass is 10.3. The fourth-order valence-corrected chi connectivity index (χ4v) is 2.45. The Labute approximate surface area is 134 Å². The van der Waals surface area contributed by atoms with Crippen LogP contribution in [0.15, 0.2) is 28.8 Å². The summed E-state index contributed by atoms with van der Waals surface area (Å²) in [6, 6.07) is 6.97. The summed E-state index contributed by atoms with van der Waals surface area (Å²) >= 11 is 0. The maximum Gasteiger partial charge on any atom is 0.316 e. The van der Waals surface area contributed by atoms with Crippen LogP contribution in [0.3, 0.4) is 0 Å². The number of para-hydroxylation sites is 2. The Morgan fingerprint density at radius 1 is 1.33 bits per heavy atom. The Morgan fingerprint density at radius 2 is 2.12 bits per heavy atom. The average Bonchev–Trinajstić information content (AvgIpc) is 3.12. The molecule has 0 unspecified atom stereocenters. The predicted molar refractivity (Wildman–Crippen MR) is 78.6 cm³/mol. The van der Waals surface area contributed by atoms with Crippen LogP contribution in [-0.4, -0.2) is 31.6 Å². The monoisotopic (exact) mass is 333 g/mol. The molecule has 1 aliphatic carbocycles. The Balaban J connectivity index is 1.63. The molecule has 0 atom stereocenters. The van der Waals surface area contributed by atoms with Crippen molar-refractivity contribution in [3.63, 3.8) is 0 Å². The minimum atomic E-state index is -2.73. The minimum absolute atomic E-state index is 0.0552. The molecule has 0 aliphatic heterocycles. The maximum atomic E-state index is 13.2. The highest BCUT2D eigenvalue weighted by atomic mass is 19.3. The molecule has 9 heteroatoms. The van der Waals surface area contributed by atoms with Crippen molar-refractivity contribution in [2.24, 2.45) is 0 Å². The number of imidazole rings is 1. The minimum Gasteiger partial charge on any atom is -0.345 e. The third kappa shape index (κ3) is 2.72. The van der Waals surface area contributed by atoms with Crippen LogP contribution < -0.4 is 5.32 Å². The van der Waals surface area contributed by atoms with Crippen molar-refractivity contribution >= 4 is 16.9 Å². The zero-order chi connectivity index (χ0) is 16.7. The molecule has 1 saturated carbocycles. The van der Waals surface area contributed by atoms with Gasteiger partial charge in [-0.05, 0) is 25.0 Å². The molecule has 3 aromatic rings. The SMILES string of the molecule is O=C(NC1CC1)c1nc(Cn2c(C(F)F)nc3ccccc32)no1. The van der Waals surface area contributed by atoms with Crippen LogP contribution in [0.2, 0.25) is 0 Å². The number of hydrogen-bond acceptors (Lipinski definition) is 5. The van der Waals surface area contributed by atoms with Gasteiger partial charge in [-0.1, -0.05) is 17.3 Å². The number of halogens is 2. The highest BCUT2D eigenvalue weighted by Crippen LogP contribution is 2.24. The van der Waals surface area contributed by atoms with E-state index in [1.807, 2.05) is 0 Å². The van der Waals surface area contributed by atoms with Gasteiger partial charge in [0.2, 0.25) is 0 Å². The van der Waals surface area contributed by atoms with Crippen LogP contribution in [0.5, 0.6) is 0 Å². The van der Waals surface area contributed by atoms with Crippen molar-refractivity contribution in [3.8, 4) is 0 Å². The number of rotatable bonds is 5. The number of aromatic nitrogens is 4. The second-order valence-corrected chi connectivity index (χ2v) is 5.61. The van der Waals surface area contributed by atoms with Gasteiger partial charge < -0.3 is 14.4 Å². The third-order valence-electron chi connectivity index (χ3n) is 3.75. The molecular weight excluding hydrogens is 320 g/mol. The molecule has 0 radical (unpaired) electrons. The molecule has 1 aromatic carbocycles. The number of amides is 1. The first-order valence-corrected chi connectivity index (χ1v) is 7.48. The first-order valence-electron chi connectivity index (χ1n) is 7.48. The third-order valence-corrected chi connectivity index (χ3v) is 3.75. The largest absolute Gasteiger partial charge is 0.345 e. The van der Waals surface area contributed by atoms with Crippen LogP contribution in [-0.2, 0) is 6.54 Å². The quantitative estimate of drug-likeness (QED) is 0.774. The summed E-state index contributed by atoms with van der Waals surface area (Å²) in [5.41, 5.74) is 1.00. The topological polar surface area (TPSA) is 85.8 Å². The summed E-state index contributed by atoms with van der Waals surface area (Å²) < 4.78 is 32.7. The maximum absolute atomic E-state index is 13.2. The molecule has 0 saturated heterocycles. The fourth-order valence-electron chi connectivity index (χ4n) is 2.45. The first-order chi connectivity index (χ1) is 11.6. The van der Waals surface area contributed by atoms with Gasteiger partial charge in [-0.3, -0.25) is 4.79 Å². The van der Waals surface area contributed by atoms with E-state index in [1.54, 1.807) is 24.3 Å². The lowest BCUT2D eigenvalue weighted by Gasteiger charge is -2.05. The van der Waals surface area contributed by atoms with Gasteiger partial charge in [0.15, 0.2) is 11.6 Å². The van der Waals surface area contributed by atoms with Gasteiger partial charge in [0.05, 0.1) is 17.6 Å². The van der Waals surface area contributed by atoms with E-state index in [1.165, 1.54) is 4.57 Å². The number of alkyl halides is 2. The van der Waals surface area contributed by atoms with Gasteiger partial charge in [-0.25, -0.2) is 13.8 Å². The molecule has 7 nitrogen and oxygen atoms in total. The van der Waals surface area contributed by atoms with Crippen LogP contribution in [0.4, 0.5) is 8.78 Å². The van der Waals surface area contributed by atoms with Crippen molar-refractivity contribution in [3.05, 3.63) is 41.8 Å².